The van der Waals surface area contributed by atoms with Gasteiger partial charge in [0, 0.05) is 11.5 Å². The molecule has 3 nitrogen and oxygen atoms in total. The Morgan fingerprint density at radius 1 is 1.33 bits per heavy atom. The zero-order chi connectivity index (χ0) is 11.3. The van der Waals surface area contributed by atoms with Gasteiger partial charge in [0.25, 0.3) is 0 Å². The molecule has 0 atom stereocenters. The summed E-state index contributed by atoms with van der Waals surface area (Å²) in [5, 5.41) is 6.46. The second-order valence-electron chi connectivity index (χ2n) is 4.80. The maximum absolute atomic E-state index is 12.1. The molecule has 0 spiro atoms. The van der Waals surface area contributed by atoms with Crippen LogP contribution in [0.3, 0.4) is 0 Å². The summed E-state index contributed by atoms with van der Waals surface area (Å²) in [5.74, 6) is 0.248. The molecule has 15 heavy (non-hydrogen) atoms. The Kier molecular flexibility index (Phi) is 4.58. The van der Waals surface area contributed by atoms with Crippen LogP contribution in [0.2, 0.25) is 0 Å². The highest BCUT2D eigenvalue weighted by atomic mass is 16.2. The predicted molar refractivity (Wildman–Crippen MR) is 62.7 cm³/mol. The van der Waals surface area contributed by atoms with Gasteiger partial charge in [-0.05, 0) is 38.8 Å². The second-order valence-corrected chi connectivity index (χ2v) is 4.80. The van der Waals surface area contributed by atoms with Crippen LogP contribution in [0.25, 0.3) is 0 Å². The number of rotatable bonds is 4. The van der Waals surface area contributed by atoms with Gasteiger partial charge in [-0.15, -0.1) is 0 Å². The lowest BCUT2D eigenvalue weighted by atomic mass is 9.80. The molecule has 1 aliphatic rings. The van der Waals surface area contributed by atoms with E-state index >= 15 is 0 Å². The zero-order valence-electron chi connectivity index (χ0n) is 10.2. The number of carbonyl (C=O) groups excluding carboxylic acids is 1. The lowest BCUT2D eigenvalue weighted by Gasteiger charge is -2.34. The SMILES string of the molecule is CCC(CC)NC(=O)C1(C)CCNCC1. The Balaban J connectivity index is 2.50. The average molecular weight is 212 g/mol. The predicted octanol–water partition coefficient (Wildman–Crippen LogP) is 1.68. The highest BCUT2D eigenvalue weighted by Gasteiger charge is 2.34. The zero-order valence-corrected chi connectivity index (χ0v) is 10.2. The van der Waals surface area contributed by atoms with Crippen molar-refractivity contribution in [1.82, 2.24) is 10.6 Å². The van der Waals surface area contributed by atoms with Gasteiger partial charge in [-0.3, -0.25) is 4.79 Å². The first-order valence-electron chi connectivity index (χ1n) is 6.14. The van der Waals surface area contributed by atoms with Gasteiger partial charge in [-0.1, -0.05) is 20.8 Å². The van der Waals surface area contributed by atoms with Crippen molar-refractivity contribution in [3.63, 3.8) is 0 Å². The normalized spacial score (nSPS) is 20.3. The minimum Gasteiger partial charge on any atom is -0.353 e. The van der Waals surface area contributed by atoms with Gasteiger partial charge in [0.1, 0.15) is 0 Å². The van der Waals surface area contributed by atoms with Crippen LogP contribution in [0.4, 0.5) is 0 Å². The maximum Gasteiger partial charge on any atom is 0.226 e. The van der Waals surface area contributed by atoms with E-state index in [0.717, 1.165) is 38.8 Å². The van der Waals surface area contributed by atoms with Crippen molar-refractivity contribution in [3.8, 4) is 0 Å². The van der Waals surface area contributed by atoms with Crippen molar-refractivity contribution in [2.24, 2.45) is 5.41 Å². The summed E-state index contributed by atoms with van der Waals surface area (Å²) in [7, 11) is 0. The van der Waals surface area contributed by atoms with Crippen LogP contribution in [-0.4, -0.2) is 25.0 Å². The molecule has 0 aromatic rings. The summed E-state index contributed by atoms with van der Waals surface area (Å²) in [6.07, 6.45) is 3.96. The highest BCUT2D eigenvalue weighted by molar-refractivity contribution is 5.82. The van der Waals surface area contributed by atoms with Gasteiger partial charge in [0.05, 0.1) is 0 Å². The van der Waals surface area contributed by atoms with E-state index in [2.05, 4.69) is 31.4 Å². The molecule has 1 fully saturated rings. The van der Waals surface area contributed by atoms with E-state index < -0.39 is 0 Å². The molecule has 3 heteroatoms. The van der Waals surface area contributed by atoms with Crippen LogP contribution in [0.1, 0.15) is 46.5 Å². The summed E-state index contributed by atoms with van der Waals surface area (Å²) in [6.45, 7) is 8.27. The number of nitrogens with one attached hydrogen (secondary N) is 2. The molecule has 1 heterocycles. The molecule has 0 radical (unpaired) electrons. The van der Waals surface area contributed by atoms with Gasteiger partial charge in [-0.25, -0.2) is 0 Å². The summed E-state index contributed by atoms with van der Waals surface area (Å²) in [4.78, 5) is 12.1. The first kappa shape index (κ1) is 12.5. The molecule has 1 saturated heterocycles. The molecule has 0 bridgehead atoms. The van der Waals surface area contributed by atoms with Crippen LogP contribution >= 0.6 is 0 Å². The van der Waals surface area contributed by atoms with Crippen LogP contribution in [-0.2, 0) is 4.79 Å². The lowest BCUT2D eigenvalue weighted by Crippen LogP contribution is -2.48. The topological polar surface area (TPSA) is 41.1 Å². The minimum atomic E-state index is -0.145. The maximum atomic E-state index is 12.1. The summed E-state index contributed by atoms with van der Waals surface area (Å²) in [5.41, 5.74) is -0.145. The minimum absolute atomic E-state index is 0.145. The summed E-state index contributed by atoms with van der Waals surface area (Å²) in [6, 6.07) is 0.351. The number of hydrogen-bond acceptors (Lipinski definition) is 2. The highest BCUT2D eigenvalue weighted by Crippen LogP contribution is 2.28. The molecule has 0 aliphatic carbocycles. The van der Waals surface area contributed by atoms with Gasteiger partial charge in [0.15, 0.2) is 0 Å². The van der Waals surface area contributed by atoms with Crippen LogP contribution < -0.4 is 10.6 Å². The van der Waals surface area contributed by atoms with Crippen molar-refractivity contribution in [1.29, 1.82) is 0 Å². The van der Waals surface area contributed by atoms with Crippen LogP contribution in [0, 0.1) is 5.41 Å². The molecule has 1 amide bonds. The fraction of sp³-hybridized carbons (Fsp3) is 0.917. The van der Waals surface area contributed by atoms with E-state index in [4.69, 9.17) is 0 Å². The fourth-order valence-corrected chi connectivity index (χ4v) is 2.06. The number of piperidine rings is 1. The quantitative estimate of drug-likeness (QED) is 0.744. The third-order valence-electron chi connectivity index (χ3n) is 3.58. The van der Waals surface area contributed by atoms with Crippen molar-refractivity contribution >= 4 is 5.91 Å². The fourth-order valence-electron chi connectivity index (χ4n) is 2.06. The van der Waals surface area contributed by atoms with E-state index in [1.54, 1.807) is 0 Å². The van der Waals surface area contributed by atoms with E-state index in [9.17, 15) is 4.79 Å². The van der Waals surface area contributed by atoms with Gasteiger partial charge in [-0.2, -0.15) is 0 Å². The van der Waals surface area contributed by atoms with Gasteiger partial charge < -0.3 is 10.6 Å². The number of carbonyl (C=O) groups is 1. The van der Waals surface area contributed by atoms with E-state index in [-0.39, 0.29) is 11.3 Å². The molecule has 1 aliphatic heterocycles. The monoisotopic (exact) mass is 212 g/mol. The molecular weight excluding hydrogens is 188 g/mol. The summed E-state index contributed by atoms with van der Waals surface area (Å²) < 4.78 is 0. The first-order valence-corrected chi connectivity index (χ1v) is 6.14. The Bertz CT molecular complexity index is 206. The third kappa shape index (κ3) is 3.20. The van der Waals surface area contributed by atoms with Crippen molar-refractivity contribution in [3.05, 3.63) is 0 Å². The molecule has 0 aromatic heterocycles. The van der Waals surface area contributed by atoms with Crippen molar-refractivity contribution in [2.45, 2.75) is 52.5 Å². The molecular formula is C12H24N2O. The molecule has 0 unspecified atom stereocenters. The van der Waals surface area contributed by atoms with Crippen molar-refractivity contribution in [2.75, 3.05) is 13.1 Å². The molecule has 2 N–H and O–H groups in total. The van der Waals surface area contributed by atoms with Gasteiger partial charge >= 0.3 is 0 Å². The molecule has 1 rings (SSSR count). The van der Waals surface area contributed by atoms with Crippen molar-refractivity contribution < 1.29 is 4.79 Å². The van der Waals surface area contributed by atoms with Crippen LogP contribution in [0.15, 0.2) is 0 Å². The van der Waals surface area contributed by atoms with E-state index in [1.807, 2.05) is 0 Å². The van der Waals surface area contributed by atoms with Gasteiger partial charge in [0.2, 0.25) is 5.91 Å². The first-order chi connectivity index (χ1) is 7.12. The molecule has 88 valence electrons. The Labute approximate surface area is 93.0 Å². The Morgan fingerprint density at radius 2 is 1.87 bits per heavy atom. The largest absolute Gasteiger partial charge is 0.353 e. The molecule has 0 saturated carbocycles. The van der Waals surface area contributed by atoms with E-state index in [0.29, 0.717) is 6.04 Å². The second kappa shape index (κ2) is 5.50. The Morgan fingerprint density at radius 3 is 2.33 bits per heavy atom. The average Bonchev–Trinajstić information content (AvgIpc) is 2.26. The smallest absolute Gasteiger partial charge is 0.226 e. The number of amides is 1. The van der Waals surface area contributed by atoms with E-state index in [1.165, 1.54) is 0 Å². The summed E-state index contributed by atoms with van der Waals surface area (Å²) >= 11 is 0. The van der Waals surface area contributed by atoms with Crippen LogP contribution in [0.5, 0.6) is 0 Å². The number of hydrogen-bond donors (Lipinski definition) is 2. The third-order valence-corrected chi connectivity index (χ3v) is 3.58. The Hall–Kier alpha value is -0.570. The molecule has 0 aromatic carbocycles. The standard InChI is InChI=1S/C12H24N2O/c1-4-10(5-2)14-11(15)12(3)6-8-13-9-7-12/h10,13H,4-9H2,1-3H3,(H,14,15). The lowest BCUT2D eigenvalue weighted by molar-refractivity contribution is -0.132.